The average Bonchev–Trinajstić information content (AvgIpc) is 2.77. The third-order valence-corrected chi connectivity index (χ3v) is 5.82. The Bertz CT molecular complexity index is 454. The summed E-state index contributed by atoms with van der Waals surface area (Å²) in [5.74, 6) is 0.356. The van der Waals surface area contributed by atoms with Crippen LogP contribution in [0.25, 0.3) is 0 Å². The Hall–Kier alpha value is -0.430. The van der Waals surface area contributed by atoms with Gasteiger partial charge in [-0.3, -0.25) is 0 Å². The van der Waals surface area contributed by atoms with Crippen molar-refractivity contribution in [1.29, 1.82) is 0 Å². The Kier molecular flexibility index (Phi) is 5.12. The zero-order valence-electron chi connectivity index (χ0n) is 10.5. The third kappa shape index (κ3) is 3.28. The first kappa shape index (κ1) is 14.6. The van der Waals surface area contributed by atoms with Crippen LogP contribution in [0, 0.1) is 5.92 Å². The van der Waals surface area contributed by atoms with Crippen LogP contribution in [-0.4, -0.2) is 26.3 Å². The average molecular weight is 276 g/mol. The molecule has 0 fully saturated rings. The van der Waals surface area contributed by atoms with E-state index in [0.29, 0.717) is 17.4 Å². The molecule has 1 aromatic rings. The molecule has 0 aromatic carbocycles. The van der Waals surface area contributed by atoms with Crippen LogP contribution < -0.4 is 5.73 Å². The van der Waals surface area contributed by atoms with Gasteiger partial charge in [-0.2, -0.15) is 0 Å². The quantitative estimate of drug-likeness (QED) is 0.862. The molecule has 0 amide bonds. The molecule has 6 heteroatoms. The first-order chi connectivity index (χ1) is 7.93. The van der Waals surface area contributed by atoms with Crippen molar-refractivity contribution >= 4 is 21.4 Å². The highest BCUT2D eigenvalue weighted by atomic mass is 32.2. The van der Waals surface area contributed by atoms with E-state index in [1.165, 1.54) is 15.6 Å². The van der Waals surface area contributed by atoms with E-state index < -0.39 is 10.0 Å². The summed E-state index contributed by atoms with van der Waals surface area (Å²) >= 11 is 1.39. The normalized spacial score (nSPS) is 14.2. The summed E-state index contributed by atoms with van der Waals surface area (Å²) in [5.41, 5.74) is 5.55. The second kappa shape index (κ2) is 5.95. The highest BCUT2D eigenvalue weighted by molar-refractivity contribution is 7.89. The van der Waals surface area contributed by atoms with E-state index in [1.807, 2.05) is 6.92 Å². The number of nitrogens with two attached hydrogens (primary N) is 1. The van der Waals surface area contributed by atoms with Crippen molar-refractivity contribution < 1.29 is 8.42 Å². The van der Waals surface area contributed by atoms with Gasteiger partial charge in [0.2, 0.25) is 10.0 Å². The SMILES string of the molecule is CCC(C)CN(C)S(=O)(=O)c1ccsc1CN. The van der Waals surface area contributed by atoms with E-state index in [4.69, 9.17) is 5.73 Å². The minimum atomic E-state index is -3.38. The van der Waals surface area contributed by atoms with Crippen molar-refractivity contribution in [1.82, 2.24) is 4.31 Å². The maximum Gasteiger partial charge on any atom is 0.243 e. The monoisotopic (exact) mass is 276 g/mol. The van der Waals surface area contributed by atoms with Gasteiger partial charge in [-0.15, -0.1) is 11.3 Å². The summed E-state index contributed by atoms with van der Waals surface area (Å²) in [6.07, 6.45) is 0.966. The van der Waals surface area contributed by atoms with Crippen LogP contribution in [-0.2, 0) is 16.6 Å². The molecule has 0 aliphatic heterocycles. The molecule has 1 aromatic heterocycles. The predicted molar refractivity (Wildman–Crippen MR) is 71.5 cm³/mol. The fourth-order valence-electron chi connectivity index (χ4n) is 1.54. The molecule has 2 N–H and O–H groups in total. The molecule has 17 heavy (non-hydrogen) atoms. The second-order valence-electron chi connectivity index (χ2n) is 4.21. The van der Waals surface area contributed by atoms with Crippen LogP contribution >= 0.6 is 11.3 Å². The molecule has 1 rings (SSSR count). The minimum Gasteiger partial charge on any atom is -0.326 e. The number of sulfonamides is 1. The maximum atomic E-state index is 12.3. The largest absolute Gasteiger partial charge is 0.326 e. The van der Waals surface area contributed by atoms with Crippen LogP contribution in [0.5, 0.6) is 0 Å². The standard InChI is InChI=1S/C11H20N2O2S2/c1-4-9(2)8-13(3)17(14,15)11-5-6-16-10(11)7-12/h5-6,9H,4,7-8,12H2,1-3H3. The Morgan fingerprint density at radius 1 is 1.53 bits per heavy atom. The molecule has 0 saturated heterocycles. The topological polar surface area (TPSA) is 63.4 Å². The van der Waals surface area contributed by atoms with Crippen molar-refractivity contribution in [3.8, 4) is 0 Å². The number of nitrogens with zero attached hydrogens (tertiary/aromatic N) is 1. The van der Waals surface area contributed by atoms with Crippen molar-refractivity contribution in [2.24, 2.45) is 11.7 Å². The number of thiophene rings is 1. The minimum absolute atomic E-state index is 0.267. The van der Waals surface area contributed by atoms with E-state index in [0.717, 1.165) is 11.3 Å². The van der Waals surface area contributed by atoms with E-state index in [-0.39, 0.29) is 6.54 Å². The van der Waals surface area contributed by atoms with Gasteiger partial charge >= 0.3 is 0 Å². The van der Waals surface area contributed by atoms with Gasteiger partial charge in [0, 0.05) is 25.0 Å². The molecule has 0 aliphatic carbocycles. The van der Waals surface area contributed by atoms with Gasteiger partial charge in [0.1, 0.15) is 0 Å². The summed E-state index contributed by atoms with van der Waals surface area (Å²) < 4.78 is 26.0. The lowest BCUT2D eigenvalue weighted by molar-refractivity contribution is 0.393. The first-order valence-electron chi connectivity index (χ1n) is 5.66. The Labute approximate surface area is 107 Å². The molecule has 98 valence electrons. The zero-order valence-corrected chi connectivity index (χ0v) is 12.1. The fourth-order valence-corrected chi connectivity index (χ4v) is 4.13. The molecule has 4 nitrogen and oxygen atoms in total. The van der Waals surface area contributed by atoms with Crippen molar-refractivity contribution in [3.05, 3.63) is 16.3 Å². The van der Waals surface area contributed by atoms with Crippen LogP contribution in [0.1, 0.15) is 25.1 Å². The summed E-state index contributed by atoms with van der Waals surface area (Å²) in [6, 6.07) is 1.63. The maximum absolute atomic E-state index is 12.3. The van der Waals surface area contributed by atoms with E-state index in [1.54, 1.807) is 18.5 Å². The molecule has 0 radical (unpaired) electrons. The van der Waals surface area contributed by atoms with Crippen LogP contribution in [0.2, 0.25) is 0 Å². The number of hydrogen-bond acceptors (Lipinski definition) is 4. The van der Waals surface area contributed by atoms with Gasteiger partial charge in [-0.1, -0.05) is 20.3 Å². The molecule has 0 saturated carbocycles. The van der Waals surface area contributed by atoms with Gasteiger partial charge < -0.3 is 5.73 Å². The van der Waals surface area contributed by atoms with Gasteiger partial charge in [0.15, 0.2) is 0 Å². The number of rotatable bonds is 6. The van der Waals surface area contributed by atoms with Crippen LogP contribution in [0.15, 0.2) is 16.3 Å². The van der Waals surface area contributed by atoms with Gasteiger partial charge in [0.25, 0.3) is 0 Å². The second-order valence-corrected chi connectivity index (χ2v) is 7.23. The predicted octanol–water partition coefficient (Wildman–Crippen LogP) is 1.87. The highest BCUT2D eigenvalue weighted by Gasteiger charge is 2.25. The molecule has 0 bridgehead atoms. The molecule has 1 atom stereocenters. The molecule has 0 spiro atoms. The first-order valence-corrected chi connectivity index (χ1v) is 7.98. The lowest BCUT2D eigenvalue weighted by atomic mass is 10.1. The molecular formula is C11H20N2O2S2. The van der Waals surface area contributed by atoms with Crippen molar-refractivity contribution in [3.63, 3.8) is 0 Å². The molecule has 0 aliphatic rings. The van der Waals surface area contributed by atoms with Gasteiger partial charge in [-0.25, -0.2) is 12.7 Å². The molecule has 1 unspecified atom stereocenters. The summed E-state index contributed by atoms with van der Waals surface area (Å²) in [7, 11) is -1.76. The van der Waals surface area contributed by atoms with Crippen LogP contribution in [0.3, 0.4) is 0 Å². The summed E-state index contributed by atoms with van der Waals surface area (Å²) in [4.78, 5) is 1.08. The third-order valence-electron chi connectivity index (χ3n) is 2.84. The zero-order chi connectivity index (χ0) is 13.1. The molecule has 1 heterocycles. The fraction of sp³-hybridized carbons (Fsp3) is 0.636. The Morgan fingerprint density at radius 3 is 2.71 bits per heavy atom. The van der Waals surface area contributed by atoms with Crippen molar-refractivity contribution in [2.45, 2.75) is 31.7 Å². The Balaban J connectivity index is 2.95. The highest BCUT2D eigenvalue weighted by Crippen LogP contribution is 2.24. The van der Waals surface area contributed by atoms with Gasteiger partial charge in [0.05, 0.1) is 4.90 Å². The summed E-state index contributed by atoms with van der Waals surface area (Å²) in [5, 5.41) is 1.77. The lowest BCUT2D eigenvalue weighted by Gasteiger charge is -2.20. The van der Waals surface area contributed by atoms with Crippen molar-refractivity contribution in [2.75, 3.05) is 13.6 Å². The Morgan fingerprint density at radius 2 is 2.18 bits per heavy atom. The van der Waals surface area contributed by atoms with Crippen LogP contribution in [0.4, 0.5) is 0 Å². The van der Waals surface area contributed by atoms with Gasteiger partial charge in [-0.05, 0) is 17.4 Å². The van der Waals surface area contributed by atoms with E-state index >= 15 is 0 Å². The van der Waals surface area contributed by atoms with E-state index in [2.05, 4.69) is 6.92 Å². The molecular weight excluding hydrogens is 256 g/mol. The smallest absolute Gasteiger partial charge is 0.243 e. The number of hydrogen-bond donors (Lipinski definition) is 1. The van der Waals surface area contributed by atoms with E-state index in [9.17, 15) is 8.42 Å². The lowest BCUT2D eigenvalue weighted by Crippen LogP contribution is -2.31. The summed E-state index contributed by atoms with van der Waals surface area (Å²) in [6.45, 7) is 4.91.